The molecular weight excluding hydrogens is 763 g/mol. The second kappa shape index (κ2) is 16.0. The number of amides is 6. The lowest BCUT2D eigenvalue weighted by molar-refractivity contribution is -0.171. The molecule has 20 heteroatoms. The zero-order chi connectivity index (χ0) is 38.7. The van der Waals surface area contributed by atoms with Gasteiger partial charge in [-0.15, -0.1) is 23.1 Å². The molecule has 1 aromatic heterocycles. The van der Waals surface area contributed by atoms with E-state index in [1.807, 2.05) is 11.5 Å². The summed E-state index contributed by atoms with van der Waals surface area (Å²) in [6, 6.07) is 14.3. The minimum Gasteiger partial charge on any atom is -0.481 e. The molecule has 2 aromatic carbocycles. The van der Waals surface area contributed by atoms with Gasteiger partial charge in [0.2, 0.25) is 11.6 Å². The monoisotopic (exact) mass is 795 g/mol. The molecular formula is C34H33N7O10S3. The van der Waals surface area contributed by atoms with E-state index in [9.17, 15) is 43.9 Å². The Hall–Kier alpha value is -5.28. The van der Waals surface area contributed by atoms with Crippen LogP contribution >= 0.6 is 34.9 Å². The largest absolute Gasteiger partial charge is 0.481 e. The minimum atomic E-state index is -2.20. The highest BCUT2D eigenvalue weighted by atomic mass is 32.2. The summed E-state index contributed by atoms with van der Waals surface area (Å²) >= 11 is 3.44. The Kier molecular flexibility index (Phi) is 11.4. The van der Waals surface area contributed by atoms with Gasteiger partial charge in [-0.25, -0.2) is 14.6 Å². The van der Waals surface area contributed by atoms with Gasteiger partial charge in [0.1, 0.15) is 17.1 Å². The lowest BCUT2D eigenvalue weighted by atomic mass is 9.94. The fourth-order valence-corrected chi connectivity index (χ4v) is 9.90. The van der Waals surface area contributed by atoms with Crippen LogP contribution in [0.25, 0.3) is 0 Å². The van der Waals surface area contributed by atoms with Crippen molar-refractivity contribution in [2.45, 2.75) is 41.3 Å². The van der Waals surface area contributed by atoms with Crippen molar-refractivity contribution in [3.8, 4) is 0 Å². The first-order chi connectivity index (χ1) is 25.8. The normalized spacial score (nSPS) is 20.3. The highest BCUT2D eigenvalue weighted by Gasteiger charge is 2.66. The third-order valence-electron chi connectivity index (χ3n) is 8.84. The predicted molar refractivity (Wildman–Crippen MR) is 194 cm³/mol. The standard InChI is InChI=1S/C34H33N7O10S3/c1-18-22(14-23(42)43)54-33(35-18)53-17-21-16-52-31-34(38-51,30(49)41(31)25(21)29(47)48)37-26(44)24(20-10-6-3-7-11-20)36-32(50)40-13-12-39(27(45)28(40)46)15-19-8-4-2-5-9-19/h2-11,24,31,38,51H,12-17H2,1H3,(H,36,50)(H,37,44)(H,42,43)(H,47,48)/t24?,31-,34-/m0/s1. The van der Waals surface area contributed by atoms with E-state index in [4.69, 9.17) is 5.11 Å². The fraction of sp³-hybridized carbons (Fsp3) is 0.294. The number of aryl methyl sites for hydroxylation is 1. The first-order valence-electron chi connectivity index (χ1n) is 16.3. The summed E-state index contributed by atoms with van der Waals surface area (Å²) in [7, 11) is 0. The number of imide groups is 1. The minimum absolute atomic E-state index is 0.0467. The van der Waals surface area contributed by atoms with Crippen LogP contribution in [0.1, 0.15) is 27.7 Å². The fourth-order valence-electron chi connectivity index (χ4n) is 6.13. The highest BCUT2D eigenvalue weighted by Crippen LogP contribution is 2.46. The van der Waals surface area contributed by atoms with Gasteiger partial charge in [0.15, 0.2) is 4.34 Å². The Morgan fingerprint density at radius 3 is 2.33 bits per heavy atom. The molecule has 0 aliphatic carbocycles. The van der Waals surface area contributed by atoms with Crippen LogP contribution in [0.15, 0.2) is 76.3 Å². The number of fused-ring (bicyclic) bond motifs is 1. The number of carbonyl (C=O) groups is 7. The van der Waals surface area contributed by atoms with Gasteiger partial charge in [0.05, 0.1) is 12.1 Å². The number of carboxylic acids is 2. The second-order valence-corrected chi connectivity index (χ2v) is 15.7. The van der Waals surface area contributed by atoms with Gasteiger partial charge < -0.3 is 31.0 Å². The van der Waals surface area contributed by atoms with Crippen LogP contribution < -0.4 is 16.1 Å². The molecule has 3 aliphatic rings. The van der Waals surface area contributed by atoms with Crippen LogP contribution in [0.5, 0.6) is 0 Å². The molecule has 3 atom stereocenters. The van der Waals surface area contributed by atoms with Gasteiger partial charge in [-0.2, -0.15) is 5.48 Å². The molecule has 0 bridgehead atoms. The third-order valence-corrected chi connectivity index (χ3v) is 12.6. The van der Waals surface area contributed by atoms with Crippen LogP contribution in [0.2, 0.25) is 0 Å². The molecule has 0 radical (unpaired) electrons. The number of thioether (sulfide) groups is 2. The summed E-state index contributed by atoms with van der Waals surface area (Å²) < 4.78 is 0.524. The molecule has 6 rings (SSSR count). The SMILES string of the molecule is Cc1nc(SCC2=C(C(=O)O)N3C(=O)[C@@](NO)(NC(=O)C(NC(=O)N4CCN(Cc5ccccc5)C(=O)C4=O)c4ccccc4)[C@@H]3SC2)sc1CC(=O)O. The number of aromatic nitrogens is 1. The lowest BCUT2D eigenvalue weighted by Gasteiger charge is -2.56. The quantitative estimate of drug-likeness (QED) is 0.0473. The molecule has 0 spiro atoms. The number of β-lactam (4-membered cyclic amide) rings is 1. The van der Waals surface area contributed by atoms with Crippen LogP contribution in [0.4, 0.5) is 4.79 Å². The number of urea groups is 1. The number of carboxylic acid groups (broad SMARTS) is 2. The molecule has 6 N–H and O–H groups in total. The number of hydrogen-bond donors (Lipinski definition) is 6. The van der Waals surface area contributed by atoms with Crippen molar-refractivity contribution >= 4 is 76.5 Å². The predicted octanol–water partition coefficient (Wildman–Crippen LogP) is 1.54. The molecule has 0 saturated carbocycles. The zero-order valence-corrected chi connectivity index (χ0v) is 30.8. The van der Waals surface area contributed by atoms with Gasteiger partial charge >= 0.3 is 29.8 Å². The van der Waals surface area contributed by atoms with Crippen molar-refractivity contribution in [3.63, 3.8) is 0 Å². The van der Waals surface area contributed by atoms with Gasteiger partial charge in [-0.3, -0.25) is 33.8 Å². The summed E-state index contributed by atoms with van der Waals surface area (Å²) in [5.41, 5.74) is 1.28. The third kappa shape index (κ3) is 7.55. The summed E-state index contributed by atoms with van der Waals surface area (Å²) in [4.78, 5) is 98.9. The Morgan fingerprint density at radius 1 is 1.00 bits per heavy atom. The first kappa shape index (κ1) is 38.4. The first-order valence-corrected chi connectivity index (χ1v) is 19.1. The van der Waals surface area contributed by atoms with E-state index < -0.39 is 58.7 Å². The zero-order valence-electron chi connectivity index (χ0n) is 28.4. The summed E-state index contributed by atoms with van der Waals surface area (Å²) in [6.45, 7) is 1.73. The van der Waals surface area contributed by atoms with E-state index >= 15 is 0 Å². The maximum Gasteiger partial charge on any atom is 0.352 e. The van der Waals surface area contributed by atoms with Gasteiger partial charge in [0, 0.05) is 36.0 Å². The molecule has 1 unspecified atom stereocenters. The molecule has 3 aromatic rings. The molecule has 54 heavy (non-hydrogen) atoms. The van der Waals surface area contributed by atoms with Gasteiger partial charge in [0.25, 0.3) is 5.91 Å². The number of aliphatic carboxylic acids is 2. The Balaban J connectivity index is 1.17. The van der Waals surface area contributed by atoms with E-state index in [1.165, 1.54) is 40.1 Å². The average molecular weight is 796 g/mol. The van der Waals surface area contributed by atoms with Crippen molar-refractivity contribution in [1.29, 1.82) is 0 Å². The average Bonchev–Trinajstić information content (AvgIpc) is 3.51. The number of rotatable bonds is 13. The smallest absolute Gasteiger partial charge is 0.352 e. The number of benzene rings is 2. The van der Waals surface area contributed by atoms with E-state index in [2.05, 4.69) is 15.6 Å². The molecule has 3 aliphatic heterocycles. The van der Waals surface area contributed by atoms with Crippen LogP contribution in [0.3, 0.4) is 0 Å². The Bertz CT molecular complexity index is 2050. The van der Waals surface area contributed by atoms with E-state index in [1.54, 1.807) is 49.4 Å². The van der Waals surface area contributed by atoms with Crippen molar-refractivity contribution in [2.75, 3.05) is 24.6 Å². The molecule has 282 valence electrons. The molecule has 6 amide bonds. The van der Waals surface area contributed by atoms with E-state index in [-0.39, 0.29) is 48.8 Å². The molecule has 2 fully saturated rings. The van der Waals surface area contributed by atoms with Crippen molar-refractivity contribution in [3.05, 3.63) is 93.6 Å². The van der Waals surface area contributed by atoms with Gasteiger partial charge in [-0.05, 0) is 23.6 Å². The number of carbonyl (C=O) groups excluding carboxylic acids is 5. The van der Waals surface area contributed by atoms with Crippen LogP contribution in [0, 0.1) is 6.92 Å². The number of piperazine rings is 1. The number of thiazole rings is 1. The number of hydroxylamine groups is 1. The lowest BCUT2D eigenvalue weighted by Crippen LogP contribution is -2.85. The Morgan fingerprint density at radius 2 is 1.69 bits per heavy atom. The molecule has 4 heterocycles. The number of nitrogens with zero attached hydrogens (tertiary/aromatic N) is 4. The second-order valence-electron chi connectivity index (χ2n) is 12.3. The van der Waals surface area contributed by atoms with Gasteiger partial charge in [-0.1, -0.05) is 72.4 Å². The maximum absolute atomic E-state index is 14.0. The molecule has 17 nitrogen and oxygen atoms in total. The topological polar surface area (TPSA) is 239 Å². The highest BCUT2D eigenvalue weighted by molar-refractivity contribution is 8.01. The number of hydrogen-bond acceptors (Lipinski definition) is 13. The van der Waals surface area contributed by atoms with E-state index in [0.29, 0.717) is 25.4 Å². The van der Waals surface area contributed by atoms with Crippen LogP contribution in [-0.2, 0) is 41.7 Å². The van der Waals surface area contributed by atoms with Crippen molar-refractivity contribution in [2.24, 2.45) is 0 Å². The van der Waals surface area contributed by atoms with Crippen molar-refractivity contribution < 1.29 is 49.0 Å². The number of nitrogens with one attached hydrogen (secondary N) is 3. The maximum atomic E-state index is 14.0. The van der Waals surface area contributed by atoms with Crippen molar-refractivity contribution in [1.82, 2.24) is 35.8 Å². The van der Waals surface area contributed by atoms with Crippen LogP contribution in [-0.4, -0.2) is 112 Å². The Labute approximate surface area is 319 Å². The summed E-state index contributed by atoms with van der Waals surface area (Å²) in [5, 5.41) is 33.5. The molecule has 2 saturated heterocycles. The summed E-state index contributed by atoms with van der Waals surface area (Å²) in [6.07, 6.45) is -0.201. The van der Waals surface area contributed by atoms with E-state index in [0.717, 1.165) is 22.2 Å². The summed E-state index contributed by atoms with van der Waals surface area (Å²) in [5.74, 6) is -6.19.